The normalized spacial score (nSPS) is 16.0. The predicted octanol–water partition coefficient (Wildman–Crippen LogP) is 2.10. The lowest BCUT2D eigenvalue weighted by Gasteiger charge is -2.30. The first-order valence-corrected chi connectivity index (χ1v) is 9.60. The van der Waals surface area contributed by atoms with Gasteiger partial charge in [0, 0.05) is 31.4 Å². The smallest absolute Gasteiger partial charge is 0.223 e. The highest BCUT2D eigenvalue weighted by molar-refractivity contribution is 5.78. The van der Waals surface area contributed by atoms with E-state index in [1.807, 2.05) is 37.4 Å². The third-order valence-corrected chi connectivity index (χ3v) is 5.35. The molecule has 1 aliphatic rings. The van der Waals surface area contributed by atoms with Crippen LogP contribution in [-0.2, 0) is 17.9 Å². The van der Waals surface area contributed by atoms with E-state index in [9.17, 15) is 4.79 Å². The number of H-pyrrole nitrogens is 1. The standard InChI is InChI=1S/C20H26N6O/c1-15-21-8-12-26(15)13-9-22-20(27)16-6-10-25(11-7-16)14-19-23-17-4-2-3-5-18(17)24-19/h2-5,8,12,16H,6-7,9-11,13-14H2,1H3,(H,22,27)(H,23,24). The quantitative estimate of drug-likeness (QED) is 0.700. The number of para-hydroxylation sites is 2. The second-order valence-corrected chi connectivity index (χ2v) is 7.21. The van der Waals surface area contributed by atoms with Gasteiger partial charge in [-0.1, -0.05) is 12.1 Å². The molecule has 7 nitrogen and oxygen atoms in total. The Morgan fingerprint density at radius 3 is 2.85 bits per heavy atom. The highest BCUT2D eigenvalue weighted by Gasteiger charge is 2.25. The molecule has 0 atom stereocenters. The molecule has 1 saturated heterocycles. The van der Waals surface area contributed by atoms with Crippen LogP contribution in [0.4, 0.5) is 0 Å². The van der Waals surface area contributed by atoms with Crippen LogP contribution in [0.15, 0.2) is 36.7 Å². The molecule has 142 valence electrons. The number of benzene rings is 1. The van der Waals surface area contributed by atoms with Crippen molar-refractivity contribution in [2.75, 3.05) is 19.6 Å². The van der Waals surface area contributed by atoms with Crippen molar-refractivity contribution in [3.8, 4) is 0 Å². The monoisotopic (exact) mass is 366 g/mol. The summed E-state index contributed by atoms with van der Waals surface area (Å²) in [5, 5.41) is 3.08. The predicted molar refractivity (Wildman–Crippen MR) is 104 cm³/mol. The van der Waals surface area contributed by atoms with Crippen molar-refractivity contribution >= 4 is 16.9 Å². The molecule has 1 amide bonds. The molecule has 3 heterocycles. The van der Waals surface area contributed by atoms with E-state index in [0.29, 0.717) is 6.54 Å². The fourth-order valence-electron chi connectivity index (χ4n) is 3.73. The number of aryl methyl sites for hydroxylation is 1. The Bertz CT molecular complexity index is 873. The summed E-state index contributed by atoms with van der Waals surface area (Å²) in [6.45, 7) is 6.05. The molecule has 3 aromatic rings. The minimum absolute atomic E-state index is 0.112. The zero-order valence-electron chi connectivity index (χ0n) is 15.7. The average molecular weight is 366 g/mol. The molecule has 0 saturated carbocycles. The fourth-order valence-corrected chi connectivity index (χ4v) is 3.73. The van der Waals surface area contributed by atoms with Gasteiger partial charge in [-0.05, 0) is 45.0 Å². The Hall–Kier alpha value is -2.67. The van der Waals surface area contributed by atoms with E-state index in [2.05, 4.69) is 29.7 Å². The zero-order chi connectivity index (χ0) is 18.6. The van der Waals surface area contributed by atoms with Gasteiger partial charge in [0.2, 0.25) is 5.91 Å². The van der Waals surface area contributed by atoms with Crippen LogP contribution in [0.1, 0.15) is 24.5 Å². The Kier molecular flexibility index (Phi) is 5.20. The number of carbonyl (C=O) groups is 1. The maximum Gasteiger partial charge on any atom is 0.223 e. The summed E-state index contributed by atoms with van der Waals surface area (Å²) < 4.78 is 2.05. The van der Waals surface area contributed by atoms with Crippen LogP contribution >= 0.6 is 0 Å². The average Bonchev–Trinajstić information content (AvgIpc) is 3.27. The van der Waals surface area contributed by atoms with E-state index in [4.69, 9.17) is 0 Å². The van der Waals surface area contributed by atoms with Crippen LogP contribution in [0, 0.1) is 12.8 Å². The number of fused-ring (bicyclic) bond motifs is 1. The van der Waals surface area contributed by atoms with Crippen molar-refractivity contribution in [1.82, 2.24) is 29.7 Å². The first-order valence-electron chi connectivity index (χ1n) is 9.60. The number of aromatic nitrogens is 4. The van der Waals surface area contributed by atoms with Crippen molar-refractivity contribution in [2.24, 2.45) is 5.92 Å². The number of nitrogens with one attached hydrogen (secondary N) is 2. The Labute approximate surface area is 158 Å². The second kappa shape index (κ2) is 7.92. The minimum atomic E-state index is 0.112. The third-order valence-electron chi connectivity index (χ3n) is 5.35. The summed E-state index contributed by atoms with van der Waals surface area (Å²) in [6.07, 6.45) is 5.53. The lowest BCUT2D eigenvalue weighted by atomic mass is 9.96. The number of carbonyl (C=O) groups excluding carboxylic acids is 1. The molecular formula is C20H26N6O. The molecule has 0 radical (unpaired) electrons. The summed E-state index contributed by atoms with van der Waals surface area (Å²) >= 11 is 0. The minimum Gasteiger partial charge on any atom is -0.354 e. The Morgan fingerprint density at radius 1 is 1.30 bits per heavy atom. The summed E-state index contributed by atoms with van der Waals surface area (Å²) in [5.74, 6) is 2.26. The van der Waals surface area contributed by atoms with E-state index >= 15 is 0 Å². The summed E-state index contributed by atoms with van der Waals surface area (Å²) in [4.78, 5) is 27.0. The number of likely N-dealkylation sites (tertiary alicyclic amines) is 1. The molecule has 0 aliphatic carbocycles. The number of piperidine rings is 1. The van der Waals surface area contributed by atoms with Gasteiger partial charge in [-0.25, -0.2) is 9.97 Å². The van der Waals surface area contributed by atoms with Gasteiger partial charge in [0.05, 0.1) is 17.6 Å². The van der Waals surface area contributed by atoms with Crippen LogP contribution in [0.5, 0.6) is 0 Å². The summed E-state index contributed by atoms with van der Waals surface area (Å²) in [5.41, 5.74) is 2.09. The van der Waals surface area contributed by atoms with E-state index in [1.165, 1.54) is 0 Å². The van der Waals surface area contributed by atoms with Crippen molar-refractivity contribution < 1.29 is 4.79 Å². The van der Waals surface area contributed by atoms with Crippen LogP contribution in [0.3, 0.4) is 0 Å². The summed E-state index contributed by atoms with van der Waals surface area (Å²) in [7, 11) is 0. The van der Waals surface area contributed by atoms with Crippen LogP contribution in [0.25, 0.3) is 11.0 Å². The lowest BCUT2D eigenvalue weighted by Crippen LogP contribution is -2.41. The van der Waals surface area contributed by atoms with Crippen LogP contribution in [-0.4, -0.2) is 50.0 Å². The highest BCUT2D eigenvalue weighted by Crippen LogP contribution is 2.19. The molecule has 1 aliphatic heterocycles. The molecule has 1 fully saturated rings. The topological polar surface area (TPSA) is 78.8 Å². The molecule has 2 aromatic heterocycles. The fraction of sp³-hybridized carbons (Fsp3) is 0.450. The van der Waals surface area contributed by atoms with Gasteiger partial charge < -0.3 is 14.9 Å². The second-order valence-electron chi connectivity index (χ2n) is 7.21. The zero-order valence-corrected chi connectivity index (χ0v) is 15.7. The molecule has 0 spiro atoms. The Balaban J connectivity index is 1.22. The molecule has 7 heteroatoms. The Morgan fingerprint density at radius 2 is 2.11 bits per heavy atom. The third kappa shape index (κ3) is 4.19. The van der Waals surface area contributed by atoms with E-state index in [0.717, 1.165) is 61.7 Å². The van der Waals surface area contributed by atoms with Gasteiger partial charge in [-0.2, -0.15) is 0 Å². The van der Waals surface area contributed by atoms with Gasteiger partial charge in [0.25, 0.3) is 0 Å². The number of nitrogens with zero attached hydrogens (tertiary/aromatic N) is 4. The maximum atomic E-state index is 12.4. The molecule has 4 rings (SSSR count). The van der Waals surface area contributed by atoms with Gasteiger partial charge in [0.15, 0.2) is 0 Å². The van der Waals surface area contributed by atoms with Gasteiger partial charge in [-0.15, -0.1) is 0 Å². The van der Waals surface area contributed by atoms with Crippen molar-refractivity contribution in [3.63, 3.8) is 0 Å². The molecule has 2 N–H and O–H groups in total. The number of amides is 1. The lowest BCUT2D eigenvalue weighted by molar-refractivity contribution is -0.126. The molecule has 0 bridgehead atoms. The van der Waals surface area contributed by atoms with E-state index in [1.54, 1.807) is 6.20 Å². The number of rotatable bonds is 6. The largest absolute Gasteiger partial charge is 0.354 e. The number of aromatic amines is 1. The number of hydrogen-bond acceptors (Lipinski definition) is 4. The van der Waals surface area contributed by atoms with E-state index in [-0.39, 0.29) is 11.8 Å². The van der Waals surface area contributed by atoms with Gasteiger partial charge in [0.1, 0.15) is 11.6 Å². The molecular weight excluding hydrogens is 340 g/mol. The van der Waals surface area contributed by atoms with Crippen molar-refractivity contribution in [2.45, 2.75) is 32.9 Å². The SMILES string of the molecule is Cc1nccn1CCNC(=O)C1CCN(Cc2nc3ccccc3[nH]2)CC1. The van der Waals surface area contributed by atoms with Gasteiger partial charge >= 0.3 is 0 Å². The number of imidazole rings is 2. The van der Waals surface area contributed by atoms with E-state index < -0.39 is 0 Å². The highest BCUT2D eigenvalue weighted by atomic mass is 16.1. The molecule has 1 aromatic carbocycles. The summed E-state index contributed by atoms with van der Waals surface area (Å²) in [6, 6.07) is 8.10. The maximum absolute atomic E-state index is 12.4. The van der Waals surface area contributed by atoms with Crippen LogP contribution < -0.4 is 5.32 Å². The van der Waals surface area contributed by atoms with Crippen LogP contribution in [0.2, 0.25) is 0 Å². The molecule has 0 unspecified atom stereocenters. The van der Waals surface area contributed by atoms with Crippen molar-refractivity contribution in [3.05, 3.63) is 48.3 Å². The molecule has 27 heavy (non-hydrogen) atoms. The number of hydrogen-bond donors (Lipinski definition) is 2. The first-order chi connectivity index (χ1) is 13.2. The van der Waals surface area contributed by atoms with Gasteiger partial charge in [-0.3, -0.25) is 9.69 Å². The first kappa shape index (κ1) is 17.7. The van der Waals surface area contributed by atoms with Crippen molar-refractivity contribution in [1.29, 1.82) is 0 Å².